The number of benzene rings is 1. The zero-order chi connectivity index (χ0) is 13.3. The molecule has 18 heavy (non-hydrogen) atoms. The number of hydrogen-bond acceptors (Lipinski definition) is 5. The first-order valence-corrected chi connectivity index (χ1v) is 5.33. The number of nitrogens with one attached hydrogen (secondary N) is 1. The number of methoxy groups -OCH3 is 2. The Kier molecular flexibility index (Phi) is 3.10. The van der Waals surface area contributed by atoms with E-state index in [0.717, 1.165) is 0 Å². The normalized spacial score (nSPS) is 17.7. The van der Waals surface area contributed by atoms with Crippen LogP contribution in [0.15, 0.2) is 12.1 Å². The summed E-state index contributed by atoms with van der Waals surface area (Å²) in [5.74, 6) is -1.76. The van der Waals surface area contributed by atoms with Gasteiger partial charge in [0.1, 0.15) is 0 Å². The molecule has 0 radical (unpaired) electrons. The van der Waals surface area contributed by atoms with Crippen LogP contribution in [0.1, 0.15) is 17.9 Å². The van der Waals surface area contributed by atoms with Crippen molar-refractivity contribution in [1.29, 1.82) is 0 Å². The van der Waals surface area contributed by atoms with Crippen molar-refractivity contribution in [3.8, 4) is 11.5 Å². The molecule has 0 unspecified atom stereocenters. The lowest BCUT2D eigenvalue weighted by Crippen LogP contribution is -2.35. The third-order valence-electron chi connectivity index (χ3n) is 2.88. The Bertz CT molecular complexity index is 511. The molecule has 1 aliphatic rings. The third-order valence-corrected chi connectivity index (χ3v) is 2.88. The lowest BCUT2D eigenvalue weighted by Gasteiger charge is -2.27. The average molecular weight is 250 g/mol. The van der Waals surface area contributed by atoms with E-state index >= 15 is 0 Å². The van der Waals surface area contributed by atoms with Crippen molar-refractivity contribution in [3.05, 3.63) is 17.7 Å². The lowest BCUT2D eigenvalue weighted by atomic mass is 9.90. The Labute approximate surface area is 104 Å². The standard InChI is InChI=1S/C12H13NO5/c1-17-9-3-6-7(12(15)16)4-11(14)13-8(6)5-10(9)18-2/h3,5,7H,4H2,1-2H3,(H,13,14)(H,15,16)/p-1/t7-/m1/s1. The van der Waals surface area contributed by atoms with E-state index in [9.17, 15) is 14.7 Å². The van der Waals surface area contributed by atoms with E-state index in [4.69, 9.17) is 9.47 Å². The highest BCUT2D eigenvalue weighted by Gasteiger charge is 2.27. The molecule has 0 aromatic heterocycles. The summed E-state index contributed by atoms with van der Waals surface area (Å²) >= 11 is 0. The summed E-state index contributed by atoms with van der Waals surface area (Å²) in [6.07, 6.45) is -0.134. The van der Waals surface area contributed by atoms with Gasteiger partial charge in [0, 0.05) is 30.1 Å². The predicted molar refractivity (Wildman–Crippen MR) is 60.5 cm³/mol. The van der Waals surface area contributed by atoms with Crippen LogP contribution in [0.2, 0.25) is 0 Å². The summed E-state index contributed by atoms with van der Waals surface area (Å²) in [7, 11) is 2.92. The summed E-state index contributed by atoms with van der Waals surface area (Å²) in [4.78, 5) is 22.5. The van der Waals surface area contributed by atoms with Crippen molar-refractivity contribution < 1.29 is 24.2 Å². The Morgan fingerprint density at radius 2 is 1.94 bits per heavy atom. The summed E-state index contributed by atoms with van der Waals surface area (Å²) in [5, 5.41) is 13.7. The van der Waals surface area contributed by atoms with Crippen LogP contribution in [-0.2, 0) is 9.59 Å². The molecule has 1 atom stereocenters. The van der Waals surface area contributed by atoms with Crippen molar-refractivity contribution in [2.24, 2.45) is 0 Å². The van der Waals surface area contributed by atoms with Gasteiger partial charge in [0.15, 0.2) is 11.5 Å². The summed E-state index contributed by atoms with van der Waals surface area (Å²) in [6, 6.07) is 3.09. The minimum absolute atomic E-state index is 0.134. The average Bonchev–Trinajstić information content (AvgIpc) is 2.35. The molecule has 6 heteroatoms. The maximum Gasteiger partial charge on any atom is 0.225 e. The molecule has 1 aromatic carbocycles. The zero-order valence-electron chi connectivity index (χ0n) is 9.98. The minimum atomic E-state index is -1.28. The second-order valence-electron chi connectivity index (χ2n) is 3.92. The first kappa shape index (κ1) is 12.2. The quantitative estimate of drug-likeness (QED) is 0.808. The highest BCUT2D eigenvalue weighted by molar-refractivity contribution is 5.99. The maximum atomic E-state index is 11.4. The van der Waals surface area contributed by atoms with Crippen LogP contribution in [0, 0.1) is 0 Å². The van der Waals surface area contributed by atoms with Crippen LogP contribution >= 0.6 is 0 Å². The van der Waals surface area contributed by atoms with Crippen molar-refractivity contribution in [2.75, 3.05) is 19.5 Å². The molecule has 1 N–H and O–H groups in total. The fourth-order valence-electron chi connectivity index (χ4n) is 2.00. The van der Waals surface area contributed by atoms with E-state index in [1.54, 1.807) is 12.1 Å². The molecule has 96 valence electrons. The van der Waals surface area contributed by atoms with Crippen molar-refractivity contribution >= 4 is 17.6 Å². The number of carboxylic acid groups (broad SMARTS) is 1. The van der Waals surface area contributed by atoms with Gasteiger partial charge in [0.2, 0.25) is 5.91 Å². The highest BCUT2D eigenvalue weighted by Crippen LogP contribution is 2.40. The fraction of sp³-hybridized carbons (Fsp3) is 0.333. The van der Waals surface area contributed by atoms with E-state index < -0.39 is 11.9 Å². The zero-order valence-corrected chi connectivity index (χ0v) is 9.98. The Morgan fingerprint density at radius 1 is 1.33 bits per heavy atom. The summed E-state index contributed by atoms with van der Waals surface area (Å²) in [5.41, 5.74) is 0.880. The number of hydrogen-bond donors (Lipinski definition) is 1. The molecule has 1 aromatic rings. The van der Waals surface area contributed by atoms with Crippen LogP contribution in [0.3, 0.4) is 0 Å². The molecule has 0 spiro atoms. The first-order chi connectivity index (χ1) is 8.56. The van der Waals surface area contributed by atoms with E-state index in [1.807, 2.05) is 0 Å². The molecule has 0 saturated carbocycles. The van der Waals surface area contributed by atoms with Crippen molar-refractivity contribution in [1.82, 2.24) is 0 Å². The number of fused-ring (bicyclic) bond motifs is 1. The van der Waals surface area contributed by atoms with Gasteiger partial charge in [-0.15, -0.1) is 0 Å². The van der Waals surface area contributed by atoms with Gasteiger partial charge in [-0.2, -0.15) is 0 Å². The Hall–Kier alpha value is -2.24. The van der Waals surface area contributed by atoms with Crippen molar-refractivity contribution in [2.45, 2.75) is 12.3 Å². The predicted octanol–water partition coefficient (Wildman–Crippen LogP) is -0.121. The minimum Gasteiger partial charge on any atom is -0.549 e. The Balaban J connectivity index is 2.56. The second kappa shape index (κ2) is 4.56. The van der Waals surface area contributed by atoms with Gasteiger partial charge >= 0.3 is 0 Å². The van der Waals surface area contributed by atoms with Gasteiger partial charge in [-0.05, 0) is 11.6 Å². The van der Waals surface area contributed by atoms with E-state index in [2.05, 4.69) is 5.32 Å². The molecule has 0 aliphatic carbocycles. The first-order valence-electron chi connectivity index (χ1n) is 5.33. The largest absolute Gasteiger partial charge is 0.549 e. The smallest absolute Gasteiger partial charge is 0.225 e. The SMILES string of the molecule is COc1cc2c(cc1OC)[C@H](C(=O)[O-])CC(=O)N2. The van der Waals surface area contributed by atoms with Crippen LogP contribution in [0.4, 0.5) is 5.69 Å². The van der Waals surface area contributed by atoms with Crippen LogP contribution in [0.5, 0.6) is 11.5 Å². The van der Waals surface area contributed by atoms with Gasteiger partial charge in [-0.25, -0.2) is 0 Å². The van der Waals surface area contributed by atoms with E-state index in [-0.39, 0.29) is 12.3 Å². The van der Waals surface area contributed by atoms with Crippen LogP contribution in [0.25, 0.3) is 0 Å². The van der Waals surface area contributed by atoms with E-state index in [1.165, 1.54) is 14.2 Å². The molecule has 1 heterocycles. The van der Waals surface area contributed by atoms with Crippen LogP contribution < -0.4 is 19.9 Å². The maximum absolute atomic E-state index is 11.4. The van der Waals surface area contributed by atoms with E-state index in [0.29, 0.717) is 22.7 Å². The molecule has 0 fully saturated rings. The van der Waals surface area contributed by atoms with Crippen LogP contribution in [-0.4, -0.2) is 26.1 Å². The number of carboxylic acids is 1. The molecule has 1 amide bonds. The topological polar surface area (TPSA) is 87.7 Å². The Morgan fingerprint density at radius 3 is 2.50 bits per heavy atom. The number of ether oxygens (including phenoxy) is 2. The molecule has 2 rings (SSSR count). The number of rotatable bonds is 3. The van der Waals surface area contributed by atoms with Gasteiger partial charge in [0.05, 0.1) is 14.2 Å². The monoisotopic (exact) mass is 250 g/mol. The third kappa shape index (κ3) is 1.97. The molecule has 0 saturated heterocycles. The lowest BCUT2D eigenvalue weighted by molar-refractivity contribution is -0.308. The number of carbonyl (C=O) groups excluding carboxylic acids is 2. The van der Waals surface area contributed by atoms with Gasteiger partial charge in [-0.1, -0.05) is 0 Å². The highest BCUT2D eigenvalue weighted by atomic mass is 16.5. The number of aliphatic carboxylic acids is 1. The molecule has 6 nitrogen and oxygen atoms in total. The number of carbonyl (C=O) groups is 2. The summed E-state index contributed by atoms with van der Waals surface area (Å²) < 4.78 is 10.2. The molecular formula is C12H12NO5-. The van der Waals surface area contributed by atoms with Crippen molar-refractivity contribution in [3.63, 3.8) is 0 Å². The molecule has 1 aliphatic heterocycles. The second-order valence-corrected chi connectivity index (χ2v) is 3.92. The van der Waals surface area contributed by atoms with Gasteiger partial charge in [-0.3, -0.25) is 4.79 Å². The van der Waals surface area contributed by atoms with Gasteiger partial charge in [0.25, 0.3) is 0 Å². The van der Waals surface area contributed by atoms with Gasteiger partial charge < -0.3 is 24.7 Å². The molecule has 0 bridgehead atoms. The fourth-order valence-corrected chi connectivity index (χ4v) is 2.00. The molecular weight excluding hydrogens is 238 g/mol. The number of amides is 1. The summed E-state index contributed by atoms with van der Waals surface area (Å²) in [6.45, 7) is 0. The number of anilines is 1.